The first-order valence-electron chi connectivity index (χ1n) is 6.43. The number of thiophene rings is 1. The van der Waals surface area contributed by atoms with Crippen LogP contribution in [0.15, 0.2) is 42.9 Å². The SMILES string of the molecule is Clc1cccc(Nc2ncnc3c2sc2ncccc23)c1Cl. The molecule has 4 rings (SSSR count). The molecule has 22 heavy (non-hydrogen) atoms. The van der Waals surface area contributed by atoms with Gasteiger partial charge in [0.05, 0.1) is 25.9 Å². The van der Waals surface area contributed by atoms with Gasteiger partial charge in [-0.3, -0.25) is 0 Å². The Kier molecular flexibility index (Phi) is 3.33. The second kappa shape index (κ2) is 5.35. The maximum atomic E-state index is 6.23. The Labute approximate surface area is 139 Å². The van der Waals surface area contributed by atoms with Gasteiger partial charge in [-0.25, -0.2) is 15.0 Å². The zero-order chi connectivity index (χ0) is 15.1. The Hall–Kier alpha value is -1.95. The minimum absolute atomic E-state index is 0.468. The van der Waals surface area contributed by atoms with Gasteiger partial charge in [-0.05, 0) is 24.3 Å². The van der Waals surface area contributed by atoms with Crippen molar-refractivity contribution in [2.45, 2.75) is 0 Å². The van der Waals surface area contributed by atoms with Gasteiger partial charge in [-0.15, -0.1) is 11.3 Å². The fourth-order valence-corrected chi connectivity index (χ4v) is 3.62. The summed E-state index contributed by atoms with van der Waals surface area (Å²) in [6.07, 6.45) is 3.30. The molecule has 4 nitrogen and oxygen atoms in total. The van der Waals surface area contributed by atoms with E-state index >= 15 is 0 Å². The first kappa shape index (κ1) is 13.7. The number of nitrogens with zero attached hydrogens (tertiary/aromatic N) is 3. The van der Waals surface area contributed by atoms with Crippen molar-refractivity contribution in [2.24, 2.45) is 0 Å². The number of benzene rings is 1. The van der Waals surface area contributed by atoms with Crippen LogP contribution in [0.25, 0.3) is 20.4 Å². The molecule has 0 atom stereocenters. The zero-order valence-corrected chi connectivity index (χ0v) is 13.4. The molecule has 0 amide bonds. The maximum Gasteiger partial charge on any atom is 0.151 e. The van der Waals surface area contributed by atoms with Crippen LogP contribution in [0.1, 0.15) is 0 Å². The van der Waals surface area contributed by atoms with Crippen molar-refractivity contribution in [1.29, 1.82) is 0 Å². The molecule has 0 bridgehead atoms. The van der Waals surface area contributed by atoms with Crippen LogP contribution in [0.4, 0.5) is 11.5 Å². The largest absolute Gasteiger partial charge is 0.338 e. The van der Waals surface area contributed by atoms with Crippen molar-refractivity contribution < 1.29 is 0 Å². The predicted octanol–water partition coefficient (Wildman–Crippen LogP) is 5.29. The van der Waals surface area contributed by atoms with E-state index in [-0.39, 0.29) is 0 Å². The van der Waals surface area contributed by atoms with Crippen molar-refractivity contribution in [3.63, 3.8) is 0 Å². The lowest BCUT2D eigenvalue weighted by Crippen LogP contribution is -1.95. The molecule has 0 aliphatic carbocycles. The summed E-state index contributed by atoms with van der Waals surface area (Å²) in [5, 5.41) is 5.21. The molecule has 0 fully saturated rings. The van der Waals surface area contributed by atoms with E-state index in [1.807, 2.05) is 24.3 Å². The number of hydrogen-bond donors (Lipinski definition) is 1. The minimum atomic E-state index is 0.468. The molecule has 1 aromatic carbocycles. The molecule has 1 N–H and O–H groups in total. The average Bonchev–Trinajstić information content (AvgIpc) is 2.92. The lowest BCUT2D eigenvalue weighted by atomic mass is 10.3. The van der Waals surface area contributed by atoms with Gasteiger partial charge in [0.15, 0.2) is 5.82 Å². The van der Waals surface area contributed by atoms with E-state index < -0.39 is 0 Å². The van der Waals surface area contributed by atoms with Gasteiger partial charge in [0.1, 0.15) is 11.2 Å². The number of nitrogens with one attached hydrogen (secondary N) is 1. The topological polar surface area (TPSA) is 50.7 Å². The van der Waals surface area contributed by atoms with Gasteiger partial charge in [-0.1, -0.05) is 29.3 Å². The molecule has 3 aromatic heterocycles. The molecule has 0 saturated heterocycles. The lowest BCUT2D eigenvalue weighted by Gasteiger charge is -2.08. The van der Waals surface area contributed by atoms with E-state index in [2.05, 4.69) is 20.3 Å². The van der Waals surface area contributed by atoms with Crippen LogP contribution in [-0.2, 0) is 0 Å². The molecule has 0 saturated carbocycles. The maximum absolute atomic E-state index is 6.23. The molecule has 0 aliphatic rings. The third kappa shape index (κ3) is 2.18. The van der Waals surface area contributed by atoms with Crippen molar-refractivity contribution in [3.05, 3.63) is 52.9 Å². The molecule has 0 unspecified atom stereocenters. The minimum Gasteiger partial charge on any atom is -0.338 e. The highest BCUT2D eigenvalue weighted by molar-refractivity contribution is 7.25. The van der Waals surface area contributed by atoms with Crippen LogP contribution >= 0.6 is 34.5 Å². The number of anilines is 2. The Balaban J connectivity index is 1.90. The summed E-state index contributed by atoms with van der Waals surface area (Å²) in [7, 11) is 0. The highest BCUT2D eigenvalue weighted by atomic mass is 35.5. The third-order valence-corrected chi connectivity index (χ3v) is 5.16. The fourth-order valence-electron chi connectivity index (χ4n) is 2.23. The number of fused-ring (bicyclic) bond motifs is 3. The van der Waals surface area contributed by atoms with Gasteiger partial charge in [-0.2, -0.15) is 0 Å². The number of rotatable bonds is 2. The molecular formula is C15H8Cl2N4S. The Morgan fingerprint density at radius 2 is 1.91 bits per heavy atom. The number of aromatic nitrogens is 3. The first-order valence-corrected chi connectivity index (χ1v) is 8.00. The summed E-state index contributed by atoms with van der Waals surface area (Å²) >= 11 is 13.8. The Morgan fingerprint density at radius 3 is 2.82 bits per heavy atom. The van der Waals surface area contributed by atoms with Gasteiger partial charge >= 0.3 is 0 Å². The van der Waals surface area contributed by atoms with Crippen LogP contribution in [0.2, 0.25) is 10.0 Å². The quantitative estimate of drug-likeness (QED) is 0.535. The summed E-state index contributed by atoms with van der Waals surface area (Å²) in [6.45, 7) is 0. The zero-order valence-electron chi connectivity index (χ0n) is 11.0. The number of halogens is 2. The van der Waals surface area contributed by atoms with E-state index in [9.17, 15) is 0 Å². The van der Waals surface area contributed by atoms with Crippen LogP contribution < -0.4 is 5.32 Å². The van der Waals surface area contributed by atoms with Crippen molar-refractivity contribution in [2.75, 3.05) is 5.32 Å². The molecule has 4 aromatic rings. The van der Waals surface area contributed by atoms with E-state index in [4.69, 9.17) is 23.2 Å². The van der Waals surface area contributed by atoms with E-state index in [0.29, 0.717) is 21.6 Å². The smallest absolute Gasteiger partial charge is 0.151 e. The van der Waals surface area contributed by atoms with E-state index in [1.165, 1.54) is 6.33 Å². The van der Waals surface area contributed by atoms with Crippen molar-refractivity contribution in [3.8, 4) is 0 Å². The predicted molar refractivity (Wildman–Crippen MR) is 92.5 cm³/mol. The molecule has 3 heterocycles. The summed E-state index contributed by atoms with van der Waals surface area (Å²) in [4.78, 5) is 14.0. The number of hydrogen-bond acceptors (Lipinski definition) is 5. The third-order valence-electron chi connectivity index (χ3n) is 3.23. The summed E-state index contributed by atoms with van der Waals surface area (Å²) in [5.41, 5.74) is 1.59. The fraction of sp³-hybridized carbons (Fsp3) is 0. The van der Waals surface area contributed by atoms with Crippen LogP contribution in [-0.4, -0.2) is 15.0 Å². The molecular weight excluding hydrogens is 339 g/mol. The number of pyridine rings is 1. The Morgan fingerprint density at radius 1 is 1.00 bits per heavy atom. The monoisotopic (exact) mass is 346 g/mol. The van der Waals surface area contributed by atoms with Gasteiger partial charge in [0, 0.05) is 11.6 Å². The highest BCUT2D eigenvalue weighted by Crippen LogP contribution is 2.37. The highest BCUT2D eigenvalue weighted by Gasteiger charge is 2.13. The van der Waals surface area contributed by atoms with Crippen LogP contribution in [0.5, 0.6) is 0 Å². The molecule has 7 heteroatoms. The Bertz CT molecular complexity index is 999. The van der Waals surface area contributed by atoms with Crippen LogP contribution in [0.3, 0.4) is 0 Å². The second-order valence-corrected chi connectivity index (χ2v) is 6.37. The van der Waals surface area contributed by atoms with E-state index in [0.717, 1.165) is 20.4 Å². The van der Waals surface area contributed by atoms with Gasteiger partial charge in [0.2, 0.25) is 0 Å². The average molecular weight is 347 g/mol. The standard InChI is InChI=1S/C15H8Cl2N4S/c16-9-4-1-5-10(11(9)17)21-14-13-12(19-7-20-14)8-3-2-6-18-15(8)22-13/h1-7H,(H,19,20,21). The molecule has 0 radical (unpaired) electrons. The first-order chi connectivity index (χ1) is 10.7. The normalized spacial score (nSPS) is 11.2. The summed E-state index contributed by atoms with van der Waals surface area (Å²) in [5.74, 6) is 0.692. The van der Waals surface area contributed by atoms with Gasteiger partial charge in [0.25, 0.3) is 0 Å². The van der Waals surface area contributed by atoms with E-state index in [1.54, 1.807) is 23.6 Å². The summed E-state index contributed by atoms with van der Waals surface area (Å²) in [6, 6.07) is 9.34. The van der Waals surface area contributed by atoms with Gasteiger partial charge < -0.3 is 5.32 Å². The van der Waals surface area contributed by atoms with Crippen molar-refractivity contribution in [1.82, 2.24) is 15.0 Å². The summed E-state index contributed by atoms with van der Waals surface area (Å²) < 4.78 is 0.937. The second-order valence-electron chi connectivity index (χ2n) is 4.58. The molecule has 0 aliphatic heterocycles. The lowest BCUT2D eigenvalue weighted by molar-refractivity contribution is 1.23. The van der Waals surface area contributed by atoms with Crippen molar-refractivity contribution >= 4 is 66.5 Å². The molecule has 0 spiro atoms. The van der Waals surface area contributed by atoms with Crippen LogP contribution in [0, 0.1) is 0 Å². The molecule has 108 valence electrons.